The van der Waals surface area contributed by atoms with E-state index >= 15 is 0 Å². The molecule has 0 aromatic heterocycles. The van der Waals surface area contributed by atoms with E-state index in [4.69, 9.17) is 10.5 Å². The Kier molecular flexibility index (Phi) is 3.48. The monoisotopic (exact) mass is 233 g/mol. The summed E-state index contributed by atoms with van der Waals surface area (Å²) in [6.07, 6.45) is -4.46. The van der Waals surface area contributed by atoms with Crippen LogP contribution < -0.4 is 5.73 Å². The molecule has 1 unspecified atom stereocenters. The maximum atomic E-state index is 12.9. The molecule has 0 heterocycles. The van der Waals surface area contributed by atoms with Crippen LogP contribution in [0.15, 0.2) is 24.3 Å². The second kappa shape index (κ2) is 4.33. The van der Waals surface area contributed by atoms with Crippen molar-refractivity contribution in [1.29, 1.82) is 0 Å². The molecule has 0 aliphatic heterocycles. The lowest BCUT2D eigenvalue weighted by Gasteiger charge is -2.32. The molecule has 1 aromatic rings. The van der Waals surface area contributed by atoms with Gasteiger partial charge in [-0.3, -0.25) is 0 Å². The highest BCUT2D eigenvalue weighted by atomic mass is 19.4. The third-order valence-electron chi connectivity index (χ3n) is 2.44. The van der Waals surface area contributed by atoms with Crippen molar-refractivity contribution in [3.63, 3.8) is 0 Å². The summed E-state index contributed by atoms with van der Waals surface area (Å²) in [6.45, 7) is 2.53. The van der Waals surface area contributed by atoms with Gasteiger partial charge in [-0.05, 0) is 31.5 Å². The molecule has 1 aromatic carbocycles. The lowest BCUT2D eigenvalue weighted by molar-refractivity contribution is -0.276. The second-order valence-corrected chi connectivity index (χ2v) is 3.59. The zero-order valence-corrected chi connectivity index (χ0v) is 9.14. The predicted octanol–water partition coefficient (Wildman–Crippen LogP) is 3.08. The summed E-state index contributed by atoms with van der Waals surface area (Å²) in [5, 5.41) is 0. The Bertz CT molecular complexity index is 347. The van der Waals surface area contributed by atoms with E-state index in [1.54, 1.807) is 0 Å². The molecule has 0 bridgehead atoms. The van der Waals surface area contributed by atoms with Gasteiger partial charge in [-0.1, -0.05) is 12.1 Å². The highest BCUT2D eigenvalue weighted by Gasteiger charge is 2.53. The second-order valence-electron chi connectivity index (χ2n) is 3.59. The first-order chi connectivity index (χ1) is 7.31. The summed E-state index contributed by atoms with van der Waals surface area (Å²) >= 11 is 0. The molecule has 2 nitrogen and oxygen atoms in total. The molecule has 1 atom stereocenters. The molecule has 16 heavy (non-hydrogen) atoms. The number of hydrogen-bond donors (Lipinski definition) is 1. The van der Waals surface area contributed by atoms with Crippen LogP contribution in [-0.4, -0.2) is 12.8 Å². The van der Waals surface area contributed by atoms with E-state index in [0.29, 0.717) is 5.69 Å². The topological polar surface area (TPSA) is 35.2 Å². The fourth-order valence-corrected chi connectivity index (χ4v) is 1.42. The third kappa shape index (κ3) is 2.29. The number of nitrogens with two attached hydrogens (primary N) is 1. The first-order valence-electron chi connectivity index (χ1n) is 4.88. The summed E-state index contributed by atoms with van der Waals surface area (Å²) in [4.78, 5) is 0. The van der Waals surface area contributed by atoms with Gasteiger partial charge >= 0.3 is 6.18 Å². The Morgan fingerprint density at radius 2 is 1.69 bits per heavy atom. The van der Waals surface area contributed by atoms with Gasteiger partial charge in [0, 0.05) is 12.3 Å². The predicted molar refractivity (Wildman–Crippen MR) is 55.9 cm³/mol. The number of alkyl halides is 3. The van der Waals surface area contributed by atoms with Gasteiger partial charge in [0.15, 0.2) is 5.60 Å². The lowest BCUT2D eigenvalue weighted by Crippen LogP contribution is -2.42. The molecule has 0 saturated carbocycles. The van der Waals surface area contributed by atoms with Crippen molar-refractivity contribution < 1.29 is 17.9 Å². The zero-order valence-electron chi connectivity index (χ0n) is 9.14. The van der Waals surface area contributed by atoms with E-state index in [2.05, 4.69) is 0 Å². The molecule has 0 spiro atoms. The Balaban J connectivity index is 3.16. The van der Waals surface area contributed by atoms with E-state index in [9.17, 15) is 13.2 Å². The van der Waals surface area contributed by atoms with E-state index in [0.717, 1.165) is 6.92 Å². The maximum absolute atomic E-state index is 12.9. The van der Waals surface area contributed by atoms with Crippen molar-refractivity contribution in [1.82, 2.24) is 0 Å². The number of benzene rings is 1. The van der Waals surface area contributed by atoms with Gasteiger partial charge in [0.25, 0.3) is 0 Å². The van der Waals surface area contributed by atoms with E-state index in [1.165, 1.54) is 31.2 Å². The minimum Gasteiger partial charge on any atom is -0.399 e. The van der Waals surface area contributed by atoms with Crippen molar-refractivity contribution in [3.8, 4) is 0 Å². The Morgan fingerprint density at radius 1 is 1.19 bits per heavy atom. The molecule has 0 amide bonds. The number of halogens is 3. The molecule has 90 valence electrons. The van der Waals surface area contributed by atoms with Gasteiger partial charge in [0.05, 0.1) is 0 Å². The van der Waals surface area contributed by atoms with Crippen LogP contribution in [0.3, 0.4) is 0 Å². The van der Waals surface area contributed by atoms with Crippen molar-refractivity contribution in [2.75, 3.05) is 12.3 Å². The van der Waals surface area contributed by atoms with E-state index in [1.807, 2.05) is 0 Å². The van der Waals surface area contributed by atoms with Gasteiger partial charge < -0.3 is 10.5 Å². The maximum Gasteiger partial charge on any atom is 0.421 e. The number of anilines is 1. The van der Waals surface area contributed by atoms with Crippen LogP contribution in [0.4, 0.5) is 18.9 Å². The molecule has 0 aliphatic rings. The molecule has 0 fully saturated rings. The van der Waals surface area contributed by atoms with Crippen LogP contribution in [0.2, 0.25) is 0 Å². The number of nitrogen functional groups attached to an aromatic ring is 1. The quantitative estimate of drug-likeness (QED) is 0.814. The average Bonchev–Trinajstić information content (AvgIpc) is 2.17. The Morgan fingerprint density at radius 3 is 2.06 bits per heavy atom. The standard InChI is InChI=1S/C11H14F3NO/c1-3-16-10(2,11(12,13)14)8-4-6-9(15)7-5-8/h4-7H,3,15H2,1-2H3. The number of ether oxygens (including phenoxy) is 1. The molecule has 0 radical (unpaired) electrons. The normalized spacial score (nSPS) is 15.8. The van der Waals surface area contributed by atoms with Crippen LogP contribution in [0.5, 0.6) is 0 Å². The molecular weight excluding hydrogens is 219 g/mol. The summed E-state index contributed by atoms with van der Waals surface area (Å²) in [5.41, 5.74) is 3.62. The summed E-state index contributed by atoms with van der Waals surface area (Å²) in [6, 6.07) is 5.52. The Labute approximate surface area is 92.2 Å². The molecular formula is C11H14F3NO. The van der Waals surface area contributed by atoms with Crippen molar-refractivity contribution in [2.24, 2.45) is 0 Å². The summed E-state index contributed by atoms with van der Waals surface area (Å²) in [5.74, 6) is 0. The van der Waals surface area contributed by atoms with Crippen molar-refractivity contribution in [3.05, 3.63) is 29.8 Å². The van der Waals surface area contributed by atoms with Gasteiger partial charge in [0.1, 0.15) is 0 Å². The molecule has 1 rings (SSSR count). The summed E-state index contributed by atoms with van der Waals surface area (Å²) in [7, 11) is 0. The molecule has 5 heteroatoms. The molecule has 0 saturated heterocycles. The minimum atomic E-state index is -4.46. The zero-order chi connectivity index (χ0) is 12.4. The Hall–Kier alpha value is -1.23. The van der Waals surface area contributed by atoms with Gasteiger partial charge in [-0.2, -0.15) is 13.2 Å². The lowest BCUT2D eigenvalue weighted by atomic mass is 9.95. The van der Waals surface area contributed by atoms with Crippen LogP contribution >= 0.6 is 0 Å². The smallest absolute Gasteiger partial charge is 0.399 e. The fourth-order valence-electron chi connectivity index (χ4n) is 1.42. The highest BCUT2D eigenvalue weighted by Crippen LogP contribution is 2.41. The van der Waals surface area contributed by atoms with Crippen molar-refractivity contribution >= 4 is 5.69 Å². The minimum absolute atomic E-state index is 0.0135. The van der Waals surface area contributed by atoms with Gasteiger partial charge in [-0.15, -0.1) is 0 Å². The van der Waals surface area contributed by atoms with Crippen LogP contribution in [0, 0.1) is 0 Å². The SMILES string of the molecule is CCOC(C)(c1ccc(N)cc1)C(F)(F)F. The molecule has 0 aliphatic carbocycles. The number of hydrogen-bond acceptors (Lipinski definition) is 2. The third-order valence-corrected chi connectivity index (χ3v) is 2.44. The van der Waals surface area contributed by atoms with Crippen LogP contribution in [-0.2, 0) is 10.3 Å². The van der Waals surface area contributed by atoms with E-state index < -0.39 is 11.8 Å². The van der Waals surface area contributed by atoms with Crippen LogP contribution in [0.25, 0.3) is 0 Å². The van der Waals surface area contributed by atoms with Gasteiger partial charge in [0.2, 0.25) is 0 Å². The van der Waals surface area contributed by atoms with E-state index in [-0.39, 0.29) is 12.2 Å². The first kappa shape index (κ1) is 12.8. The fraction of sp³-hybridized carbons (Fsp3) is 0.455. The van der Waals surface area contributed by atoms with Gasteiger partial charge in [-0.25, -0.2) is 0 Å². The molecule has 2 N–H and O–H groups in total. The number of rotatable bonds is 3. The van der Waals surface area contributed by atoms with Crippen LogP contribution in [0.1, 0.15) is 19.4 Å². The highest BCUT2D eigenvalue weighted by molar-refractivity contribution is 5.41. The summed E-state index contributed by atoms with van der Waals surface area (Å²) < 4.78 is 43.6. The first-order valence-corrected chi connectivity index (χ1v) is 4.88. The average molecular weight is 233 g/mol. The largest absolute Gasteiger partial charge is 0.421 e. The van der Waals surface area contributed by atoms with Crippen molar-refractivity contribution in [2.45, 2.75) is 25.6 Å².